The van der Waals surface area contributed by atoms with E-state index in [1.54, 1.807) is 37.4 Å². The third-order valence-corrected chi connectivity index (χ3v) is 3.76. The molecule has 1 atom stereocenters. The molecule has 0 aliphatic carbocycles. The fourth-order valence-corrected chi connectivity index (χ4v) is 2.38. The molecule has 1 aromatic heterocycles. The van der Waals surface area contributed by atoms with Crippen molar-refractivity contribution in [1.82, 2.24) is 4.98 Å². The number of ether oxygens (including phenoxy) is 2. The maximum Gasteiger partial charge on any atom is 0.355 e. The first-order valence-corrected chi connectivity index (χ1v) is 7.80. The van der Waals surface area contributed by atoms with Gasteiger partial charge in [0.05, 0.1) is 7.11 Å². The molecule has 6 nitrogen and oxygen atoms in total. The Morgan fingerprint density at radius 2 is 1.80 bits per heavy atom. The van der Waals surface area contributed by atoms with Crippen molar-refractivity contribution < 1.29 is 19.1 Å². The Morgan fingerprint density at radius 3 is 2.48 bits per heavy atom. The largest absolute Gasteiger partial charge is 0.497 e. The number of methoxy groups -OCH3 is 1. The number of aromatic nitrogens is 1. The van der Waals surface area contributed by atoms with Gasteiger partial charge >= 0.3 is 5.97 Å². The molecule has 3 aromatic rings. The van der Waals surface area contributed by atoms with Crippen LogP contribution in [0.4, 0.5) is 5.69 Å². The quantitative estimate of drug-likeness (QED) is 0.699. The van der Waals surface area contributed by atoms with E-state index in [1.807, 2.05) is 24.3 Å². The molecule has 0 spiro atoms. The maximum atomic E-state index is 12.2. The van der Waals surface area contributed by atoms with Gasteiger partial charge in [0.2, 0.25) is 0 Å². The summed E-state index contributed by atoms with van der Waals surface area (Å²) >= 11 is 0. The minimum atomic E-state index is -0.930. The summed E-state index contributed by atoms with van der Waals surface area (Å²) in [6.07, 6.45) is -0.930. The molecule has 0 radical (unpaired) electrons. The lowest BCUT2D eigenvalue weighted by atomic mass is 10.2. The molecule has 0 bridgehead atoms. The summed E-state index contributed by atoms with van der Waals surface area (Å²) in [6, 6.07) is 16.1. The first-order valence-electron chi connectivity index (χ1n) is 7.80. The molecule has 0 saturated carbocycles. The molecule has 1 heterocycles. The van der Waals surface area contributed by atoms with Gasteiger partial charge < -0.3 is 19.8 Å². The van der Waals surface area contributed by atoms with Crippen LogP contribution in [-0.2, 0) is 9.53 Å². The highest BCUT2D eigenvalue weighted by Crippen LogP contribution is 2.17. The van der Waals surface area contributed by atoms with E-state index in [0.717, 1.165) is 10.9 Å². The number of amides is 1. The van der Waals surface area contributed by atoms with Crippen molar-refractivity contribution in [2.24, 2.45) is 0 Å². The lowest BCUT2D eigenvalue weighted by Gasteiger charge is -2.13. The van der Waals surface area contributed by atoms with Crippen LogP contribution >= 0.6 is 0 Å². The second kappa shape index (κ2) is 7.09. The van der Waals surface area contributed by atoms with Crippen molar-refractivity contribution in [1.29, 1.82) is 0 Å². The van der Waals surface area contributed by atoms with E-state index in [2.05, 4.69) is 10.3 Å². The van der Waals surface area contributed by atoms with Crippen molar-refractivity contribution in [3.63, 3.8) is 0 Å². The molecule has 0 saturated heterocycles. The Morgan fingerprint density at radius 1 is 1.08 bits per heavy atom. The number of H-pyrrole nitrogens is 1. The minimum absolute atomic E-state index is 0.310. The minimum Gasteiger partial charge on any atom is -0.497 e. The standard InChI is InChI=1S/C19H18N2O4/c1-12(18(22)20-14-7-9-15(24-2)10-8-14)25-19(23)17-11-13-5-3-4-6-16(13)21-17/h3-12,21H,1-2H3,(H,20,22)/t12-/m0/s1. The molecule has 0 unspecified atom stereocenters. The summed E-state index contributed by atoms with van der Waals surface area (Å²) < 4.78 is 10.3. The number of anilines is 1. The van der Waals surface area contributed by atoms with Gasteiger partial charge in [0.15, 0.2) is 6.10 Å². The van der Waals surface area contributed by atoms with E-state index in [4.69, 9.17) is 9.47 Å². The Labute approximate surface area is 144 Å². The molecule has 6 heteroatoms. The van der Waals surface area contributed by atoms with Crippen LogP contribution in [0.2, 0.25) is 0 Å². The van der Waals surface area contributed by atoms with Crippen LogP contribution in [-0.4, -0.2) is 30.1 Å². The number of rotatable bonds is 5. The predicted molar refractivity (Wildman–Crippen MR) is 94.8 cm³/mol. The first-order chi connectivity index (χ1) is 12.1. The van der Waals surface area contributed by atoms with Gasteiger partial charge in [-0.1, -0.05) is 18.2 Å². The molecule has 128 valence electrons. The van der Waals surface area contributed by atoms with Crippen LogP contribution in [0.5, 0.6) is 5.75 Å². The smallest absolute Gasteiger partial charge is 0.355 e. The zero-order chi connectivity index (χ0) is 17.8. The number of nitrogens with one attached hydrogen (secondary N) is 2. The first kappa shape index (κ1) is 16.6. The Balaban J connectivity index is 1.62. The third kappa shape index (κ3) is 3.80. The van der Waals surface area contributed by atoms with Gasteiger partial charge in [0, 0.05) is 16.6 Å². The summed E-state index contributed by atoms with van der Waals surface area (Å²) in [4.78, 5) is 27.4. The van der Waals surface area contributed by atoms with E-state index in [9.17, 15) is 9.59 Å². The fourth-order valence-electron chi connectivity index (χ4n) is 2.38. The van der Waals surface area contributed by atoms with Crippen molar-refractivity contribution in [3.05, 3.63) is 60.3 Å². The van der Waals surface area contributed by atoms with Crippen LogP contribution in [0.25, 0.3) is 10.9 Å². The normalized spacial score (nSPS) is 11.8. The summed E-state index contributed by atoms with van der Waals surface area (Å²) in [6.45, 7) is 1.53. The van der Waals surface area contributed by atoms with Crippen LogP contribution < -0.4 is 10.1 Å². The highest BCUT2D eigenvalue weighted by Gasteiger charge is 2.20. The second-order valence-electron chi connectivity index (χ2n) is 5.54. The Kier molecular flexibility index (Phi) is 4.70. The molecule has 2 aromatic carbocycles. The number of aromatic amines is 1. The Bertz CT molecular complexity index is 866. The fraction of sp³-hybridized carbons (Fsp3) is 0.158. The average Bonchev–Trinajstić information content (AvgIpc) is 3.06. The molecule has 1 amide bonds. The second-order valence-corrected chi connectivity index (χ2v) is 5.54. The summed E-state index contributed by atoms with van der Waals surface area (Å²) in [5, 5.41) is 3.60. The lowest BCUT2D eigenvalue weighted by Crippen LogP contribution is -2.30. The average molecular weight is 338 g/mol. The molecule has 0 fully saturated rings. The van der Waals surface area contributed by atoms with Gasteiger partial charge in [-0.15, -0.1) is 0 Å². The SMILES string of the molecule is COc1ccc(NC(=O)[C@H](C)OC(=O)c2cc3ccccc3[nH]2)cc1. The number of para-hydroxylation sites is 1. The molecule has 3 rings (SSSR count). The van der Waals surface area contributed by atoms with Crippen molar-refractivity contribution >= 4 is 28.5 Å². The number of hydrogen-bond acceptors (Lipinski definition) is 4. The topological polar surface area (TPSA) is 80.4 Å². The number of esters is 1. The number of carbonyl (C=O) groups excluding carboxylic acids is 2. The highest BCUT2D eigenvalue weighted by atomic mass is 16.5. The van der Waals surface area contributed by atoms with Gasteiger partial charge in [-0.05, 0) is 43.3 Å². The van der Waals surface area contributed by atoms with Crippen LogP contribution in [0, 0.1) is 0 Å². The number of benzene rings is 2. The molecule has 25 heavy (non-hydrogen) atoms. The van der Waals surface area contributed by atoms with E-state index < -0.39 is 18.0 Å². The molecular weight excluding hydrogens is 320 g/mol. The summed E-state index contributed by atoms with van der Waals surface area (Å²) in [5.74, 6) is -0.292. The van der Waals surface area contributed by atoms with E-state index >= 15 is 0 Å². The maximum absolute atomic E-state index is 12.2. The zero-order valence-corrected chi connectivity index (χ0v) is 13.9. The number of carbonyl (C=O) groups is 2. The van der Waals surface area contributed by atoms with Crippen LogP contribution in [0.3, 0.4) is 0 Å². The predicted octanol–water partition coefficient (Wildman–Crippen LogP) is 3.36. The molecule has 0 aliphatic heterocycles. The van der Waals surface area contributed by atoms with Gasteiger partial charge in [-0.2, -0.15) is 0 Å². The van der Waals surface area contributed by atoms with Crippen molar-refractivity contribution in [2.45, 2.75) is 13.0 Å². The molecular formula is C19H18N2O4. The van der Waals surface area contributed by atoms with E-state index in [0.29, 0.717) is 17.1 Å². The molecule has 2 N–H and O–H groups in total. The van der Waals surface area contributed by atoms with Gasteiger partial charge in [0.1, 0.15) is 11.4 Å². The van der Waals surface area contributed by atoms with Gasteiger partial charge in [-0.3, -0.25) is 4.79 Å². The number of fused-ring (bicyclic) bond motifs is 1. The highest BCUT2D eigenvalue weighted by molar-refractivity contribution is 5.98. The van der Waals surface area contributed by atoms with Gasteiger partial charge in [0.25, 0.3) is 5.91 Å². The number of hydrogen-bond donors (Lipinski definition) is 2. The third-order valence-electron chi connectivity index (χ3n) is 3.76. The zero-order valence-electron chi connectivity index (χ0n) is 13.9. The summed E-state index contributed by atoms with van der Waals surface area (Å²) in [7, 11) is 1.57. The van der Waals surface area contributed by atoms with Crippen LogP contribution in [0.1, 0.15) is 17.4 Å². The lowest BCUT2D eigenvalue weighted by molar-refractivity contribution is -0.123. The van der Waals surface area contributed by atoms with Crippen molar-refractivity contribution in [3.8, 4) is 5.75 Å². The van der Waals surface area contributed by atoms with Crippen LogP contribution in [0.15, 0.2) is 54.6 Å². The monoisotopic (exact) mass is 338 g/mol. The summed E-state index contributed by atoms with van der Waals surface area (Å²) in [5.41, 5.74) is 1.74. The Hall–Kier alpha value is -3.28. The van der Waals surface area contributed by atoms with E-state index in [1.165, 1.54) is 6.92 Å². The van der Waals surface area contributed by atoms with Gasteiger partial charge in [-0.25, -0.2) is 4.79 Å². The van der Waals surface area contributed by atoms with Crippen molar-refractivity contribution in [2.75, 3.05) is 12.4 Å². The van der Waals surface area contributed by atoms with E-state index in [-0.39, 0.29) is 0 Å². The molecule has 0 aliphatic rings.